The summed E-state index contributed by atoms with van der Waals surface area (Å²) in [5.41, 5.74) is 0. The van der Waals surface area contributed by atoms with E-state index in [1.54, 1.807) is 12.1 Å². The Kier molecular flexibility index (Phi) is 4.17. The van der Waals surface area contributed by atoms with Crippen molar-refractivity contribution < 1.29 is 8.42 Å². The van der Waals surface area contributed by atoms with Gasteiger partial charge >= 0.3 is 0 Å². The summed E-state index contributed by atoms with van der Waals surface area (Å²) in [5, 5.41) is 0.980. The van der Waals surface area contributed by atoms with Gasteiger partial charge in [0, 0.05) is 6.04 Å². The number of benzene rings is 1. The van der Waals surface area contributed by atoms with Crippen LogP contribution < -0.4 is 9.91 Å². The molecule has 0 saturated heterocycles. The number of hydrogen-bond acceptors (Lipinski definition) is 2. The van der Waals surface area contributed by atoms with Crippen LogP contribution in [0.15, 0.2) is 29.2 Å². The maximum Gasteiger partial charge on any atom is 0.240 e. The van der Waals surface area contributed by atoms with Crippen LogP contribution in [0, 0.1) is 0 Å². The van der Waals surface area contributed by atoms with Crippen molar-refractivity contribution in [3.8, 4) is 0 Å². The van der Waals surface area contributed by atoms with E-state index in [0.717, 1.165) is 5.19 Å². The fourth-order valence-corrected chi connectivity index (χ4v) is 5.80. The van der Waals surface area contributed by atoms with Gasteiger partial charge in [-0.2, -0.15) is 0 Å². The topological polar surface area (TPSA) is 46.2 Å². The average Bonchev–Trinajstić information content (AvgIpc) is 2.14. The Hall–Kier alpha value is -0.653. The Morgan fingerprint density at radius 3 is 2.12 bits per heavy atom. The quantitative estimate of drug-likeness (QED) is 0.851. The average molecular weight is 271 g/mol. The van der Waals surface area contributed by atoms with E-state index in [-0.39, 0.29) is 6.04 Å². The maximum absolute atomic E-state index is 12.2. The summed E-state index contributed by atoms with van der Waals surface area (Å²) in [5.74, 6) is 0. The molecule has 0 heterocycles. The van der Waals surface area contributed by atoms with E-state index in [4.69, 9.17) is 0 Å². The summed E-state index contributed by atoms with van der Waals surface area (Å²) in [4.78, 5) is 0.438. The largest absolute Gasteiger partial charge is 0.240 e. The molecule has 1 rings (SSSR count). The molecular weight excluding hydrogens is 250 g/mol. The van der Waals surface area contributed by atoms with E-state index < -0.39 is 18.1 Å². The molecule has 3 nitrogen and oxygen atoms in total. The molecule has 96 valence electrons. The van der Waals surface area contributed by atoms with Gasteiger partial charge in [0.1, 0.15) is 0 Å². The minimum Gasteiger partial charge on any atom is -0.209 e. The molecule has 0 amide bonds. The molecule has 0 fully saturated rings. The minimum absolute atomic E-state index is 0.0882. The molecule has 5 heteroatoms. The molecule has 17 heavy (non-hydrogen) atoms. The van der Waals surface area contributed by atoms with E-state index in [0.29, 0.717) is 4.90 Å². The van der Waals surface area contributed by atoms with Crippen LogP contribution in [0.3, 0.4) is 0 Å². The van der Waals surface area contributed by atoms with Crippen LogP contribution in [0.5, 0.6) is 0 Å². The lowest BCUT2D eigenvalue weighted by Gasteiger charge is -2.21. The first-order chi connectivity index (χ1) is 7.64. The SMILES string of the molecule is CC(C)NS(=O)(=O)c1ccccc1[Si](C)(C)C. The van der Waals surface area contributed by atoms with Gasteiger partial charge in [0.25, 0.3) is 0 Å². The molecule has 0 aliphatic carbocycles. The van der Waals surface area contributed by atoms with Crippen LogP contribution in [0.2, 0.25) is 19.6 Å². The lowest BCUT2D eigenvalue weighted by Crippen LogP contribution is -2.43. The molecule has 0 aliphatic rings. The van der Waals surface area contributed by atoms with Gasteiger partial charge in [-0.05, 0) is 25.1 Å². The third-order valence-corrected chi connectivity index (χ3v) is 6.33. The van der Waals surface area contributed by atoms with Gasteiger partial charge < -0.3 is 0 Å². The highest BCUT2D eigenvalue weighted by Crippen LogP contribution is 2.12. The summed E-state index contributed by atoms with van der Waals surface area (Å²) in [7, 11) is -5.05. The Morgan fingerprint density at radius 1 is 1.12 bits per heavy atom. The van der Waals surface area contributed by atoms with Gasteiger partial charge in [-0.15, -0.1) is 0 Å². The van der Waals surface area contributed by atoms with Crippen LogP contribution in [0.25, 0.3) is 0 Å². The summed E-state index contributed by atoms with van der Waals surface area (Å²) in [6.45, 7) is 10.1. The van der Waals surface area contributed by atoms with E-state index in [2.05, 4.69) is 24.4 Å². The Labute approximate surface area is 105 Å². The number of sulfonamides is 1. The highest BCUT2D eigenvalue weighted by Gasteiger charge is 2.26. The number of rotatable bonds is 4. The number of hydrogen-bond donors (Lipinski definition) is 1. The van der Waals surface area contributed by atoms with Gasteiger partial charge in [-0.1, -0.05) is 37.8 Å². The zero-order valence-corrected chi connectivity index (χ0v) is 12.9. The second kappa shape index (κ2) is 4.92. The first-order valence-electron chi connectivity index (χ1n) is 5.76. The summed E-state index contributed by atoms with van der Waals surface area (Å²) < 4.78 is 27.1. The van der Waals surface area contributed by atoms with E-state index >= 15 is 0 Å². The standard InChI is InChI=1S/C12H21NO2SSi/c1-10(2)13-16(14,15)11-8-6-7-9-12(11)17(3,4)5/h6-10,13H,1-5H3. The fraction of sp³-hybridized carbons (Fsp3) is 0.500. The van der Waals surface area contributed by atoms with Crippen molar-refractivity contribution in [3.63, 3.8) is 0 Å². The third-order valence-electron chi connectivity index (χ3n) is 2.38. The van der Waals surface area contributed by atoms with Gasteiger partial charge in [-0.3, -0.25) is 0 Å². The predicted molar refractivity (Wildman–Crippen MR) is 74.9 cm³/mol. The van der Waals surface area contributed by atoms with E-state index in [1.807, 2.05) is 26.0 Å². The fourth-order valence-electron chi connectivity index (χ4n) is 1.69. The third kappa shape index (κ3) is 3.66. The molecule has 0 radical (unpaired) electrons. The summed E-state index contributed by atoms with van der Waals surface area (Å²) in [6, 6.07) is 7.22. The lowest BCUT2D eigenvalue weighted by atomic mass is 10.4. The van der Waals surface area contributed by atoms with Crippen molar-refractivity contribution in [1.29, 1.82) is 0 Å². The van der Waals surface area contributed by atoms with E-state index in [1.165, 1.54) is 0 Å². The monoisotopic (exact) mass is 271 g/mol. The molecular formula is C12H21NO2SSi. The smallest absolute Gasteiger partial charge is 0.209 e. The van der Waals surface area contributed by atoms with Crippen molar-refractivity contribution in [2.45, 2.75) is 44.4 Å². The normalized spacial score (nSPS) is 13.1. The first-order valence-corrected chi connectivity index (χ1v) is 10.7. The highest BCUT2D eigenvalue weighted by atomic mass is 32.2. The predicted octanol–water partition coefficient (Wildman–Crippen LogP) is 1.92. The van der Waals surface area contributed by atoms with E-state index in [9.17, 15) is 8.42 Å². The molecule has 1 N–H and O–H groups in total. The van der Waals surface area contributed by atoms with Crippen LogP contribution in [0.4, 0.5) is 0 Å². The van der Waals surface area contributed by atoms with Crippen molar-refractivity contribution in [1.82, 2.24) is 4.72 Å². The van der Waals surface area contributed by atoms with Crippen molar-refractivity contribution in [2.24, 2.45) is 0 Å². The maximum atomic E-state index is 12.2. The lowest BCUT2D eigenvalue weighted by molar-refractivity contribution is 0.570. The molecule has 0 atom stereocenters. The zero-order chi connectivity index (χ0) is 13.3. The van der Waals surface area contributed by atoms with Gasteiger partial charge in [0.05, 0.1) is 13.0 Å². The number of nitrogens with one attached hydrogen (secondary N) is 1. The Balaban J connectivity index is 3.33. The molecule has 0 aromatic heterocycles. The Bertz CT molecular complexity index is 489. The molecule has 0 unspecified atom stereocenters. The van der Waals surface area contributed by atoms with Crippen LogP contribution in [-0.2, 0) is 10.0 Å². The van der Waals surface area contributed by atoms with Crippen LogP contribution in [-0.4, -0.2) is 22.5 Å². The molecule has 0 spiro atoms. The second-order valence-electron chi connectivity index (χ2n) is 5.52. The van der Waals surface area contributed by atoms with Gasteiger partial charge in [0.15, 0.2) is 0 Å². The zero-order valence-electron chi connectivity index (χ0n) is 11.1. The minimum atomic E-state index is -3.39. The van der Waals surface area contributed by atoms with Crippen molar-refractivity contribution in [2.75, 3.05) is 0 Å². The van der Waals surface area contributed by atoms with Crippen molar-refractivity contribution in [3.05, 3.63) is 24.3 Å². The second-order valence-corrected chi connectivity index (χ2v) is 12.2. The molecule has 1 aromatic carbocycles. The Morgan fingerprint density at radius 2 is 1.65 bits per heavy atom. The first kappa shape index (κ1) is 14.4. The van der Waals surface area contributed by atoms with Crippen LogP contribution in [0.1, 0.15) is 13.8 Å². The van der Waals surface area contributed by atoms with Gasteiger partial charge in [-0.25, -0.2) is 13.1 Å². The molecule has 1 aromatic rings. The molecule has 0 aliphatic heterocycles. The molecule has 0 saturated carbocycles. The van der Waals surface area contributed by atoms with Crippen molar-refractivity contribution >= 4 is 23.3 Å². The molecule has 0 bridgehead atoms. The van der Waals surface area contributed by atoms with Gasteiger partial charge in [0.2, 0.25) is 10.0 Å². The highest BCUT2D eigenvalue weighted by molar-refractivity contribution is 7.89. The van der Waals surface area contributed by atoms with Crippen LogP contribution >= 0.6 is 0 Å². The summed E-state index contributed by atoms with van der Waals surface area (Å²) >= 11 is 0. The summed E-state index contributed by atoms with van der Waals surface area (Å²) in [6.07, 6.45) is 0.